The molecule has 24 heavy (non-hydrogen) atoms. The van der Waals surface area contributed by atoms with E-state index in [2.05, 4.69) is 5.32 Å². The third kappa shape index (κ3) is 2.91. The van der Waals surface area contributed by atoms with Crippen LogP contribution in [-0.2, 0) is 4.74 Å². The molecule has 2 amide bonds. The predicted octanol–water partition coefficient (Wildman–Crippen LogP) is 2.71. The standard InChI is InChI=1S/C19H28N2O3/c1-18(2)12-21(19(3,4)16(18)22)17(23)20-14-10-11-24-15(14)13-8-6-5-7-9-13/h5-9,14-16,22H,10-12H2,1-4H3,(H,20,23)/t14-,15+,16?/m1/s1. The number of benzene rings is 1. The van der Waals surface area contributed by atoms with Gasteiger partial charge in [-0.15, -0.1) is 0 Å². The topological polar surface area (TPSA) is 61.8 Å². The molecule has 3 atom stereocenters. The Morgan fingerprint density at radius 1 is 1.25 bits per heavy atom. The van der Waals surface area contributed by atoms with Gasteiger partial charge in [-0.3, -0.25) is 0 Å². The highest BCUT2D eigenvalue weighted by atomic mass is 16.5. The van der Waals surface area contributed by atoms with Gasteiger partial charge >= 0.3 is 6.03 Å². The van der Waals surface area contributed by atoms with Crippen molar-refractivity contribution < 1.29 is 14.6 Å². The van der Waals surface area contributed by atoms with Crippen LogP contribution in [0.1, 0.15) is 45.8 Å². The van der Waals surface area contributed by atoms with E-state index in [4.69, 9.17) is 4.74 Å². The highest BCUT2D eigenvalue weighted by Crippen LogP contribution is 2.41. The maximum Gasteiger partial charge on any atom is 0.318 e. The van der Waals surface area contributed by atoms with Gasteiger partial charge in [0.2, 0.25) is 0 Å². The predicted molar refractivity (Wildman–Crippen MR) is 92.6 cm³/mol. The Hall–Kier alpha value is -1.59. The monoisotopic (exact) mass is 332 g/mol. The molecule has 2 aliphatic heterocycles. The molecular weight excluding hydrogens is 304 g/mol. The molecule has 1 aromatic rings. The maximum absolute atomic E-state index is 12.9. The summed E-state index contributed by atoms with van der Waals surface area (Å²) in [6.07, 6.45) is 0.130. The van der Waals surface area contributed by atoms with Crippen molar-refractivity contribution >= 4 is 6.03 Å². The lowest BCUT2D eigenvalue weighted by atomic mass is 9.82. The summed E-state index contributed by atoms with van der Waals surface area (Å²) in [5, 5.41) is 13.7. The van der Waals surface area contributed by atoms with E-state index in [0.717, 1.165) is 12.0 Å². The van der Waals surface area contributed by atoms with Crippen molar-refractivity contribution in [2.75, 3.05) is 13.2 Å². The first-order valence-corrected chi connectivity index (χ1v) is 8.66. The summed E-state index contributed by atoms with van der Waals surface area (Å²) in [5.74, 6) is 0. The average Bonchev–Trinajstić information content (AvgIpc) is 3.06. The molecule has 0 bridgehead atoms. The number of aliphatic hydroxyl groups excluding tert-OH is 1. The highest BCUT2D eigenvalue weighted by molar-refractivity contribution is 5.76. The summed E-state index contributed by atoms with van der Waals surface area (Å²) in [4.78, 5) is 14.6. The number of nitrogens with zero attached hydrogens (tertiary/aromatic N) is 1. The van der Waals surface area contributed by atoms with Crippen LogP contribution in [0.15, 0.2) is 30.3 Å². The Kier molecular flexibility index (Phi) is 4.34. The molecule has 1 aromatic carbocycles. The van der Waals surface area contributed by atoms with E-state index >= 15 is 0 Å². The second-order valence-electron chi connectivity index (χ2n) is 8.18. The summed E-state index contributed by atoms with van der Waals surface area (Å²) in [6.45, 7) is 9.02. The average molecular weight is 332 g/mol. The SMILES string of the molecule is CC1(C)CN(C(=O)N[C@@H]2CCO[C@H]2c2ccccc2)C(C)(C)C1O. The van der Waals surface area contributed by atoms with E-state index in [9.17, 15) is 9.90 Å². The molecule has 5 nitrogen and oxygen atoms in total. The van der Waals surface area contributed by atoms with Crippen LogP contribution >= 0.6 is 0 Å². The van der Waals surface area contributed by atoms with Crippen LogP contribution < -0.4 is 5.32 Å². The van der Waals surface area contributed by atoms with Crippen molar-refractivity contribution in [1.29, 1.82) is 0 Å². The zero-order valence-corrected chi connectivity index (χ0v) is 15.0. The molecule has 0 aromatic heterocycles. The van der Waals surface area contributed by atoms with E-state index in [1.807, 2.05) is 58.0 Å². The molecule has 2 saturated heterocycles. The van der Waals surface area contributed by atoms with Gasteiger partial charge < -0.3 is 20.1 Å². The summed E-state index contributed by atoms with van der Waals surface area (Å²) in [6, 6.07) is 9.83. The molecule has 0 radical (unpaired) electrons. The van der Waals surface area contributed by atoms with Crippen LogP contribution in [0.2, 0.25) is 0 Å². The zero-order chi connectivity index (χ0) is 17.5. The van der Waals surface area contributed by atoms with Gasteiger partial charge in [-0.25, -0.2) is 4.79 Å². The Balaban J connectivity index is 1.73. The Morgan fingerprint density at radius 3 is 2.50 bits per heavy atom. The first-order valence-electron chi connectivity index (χ1n) is 8.66. The number of hydrogen-bond donors (Lipinski definition) is 2. The fourth-order valence-corrected chi connectivity index (χ4v) is 4.08. The molecule has 3 rings (SSSR count). The van der Waals surface area contributed by atoms with Crippen LogP contribution in [0.3, 0.4) is 0 Å². The minimum Gasteiger partial charge on any atom is -0.390 e. The Labute approximate surface area is 144 Å². The molecule has 2 aliphatic rings. The minimum absolute atomic E-state index is 0.0449. The minimum atomic E-state index is -0.588. The van der Waals surface area contributed by atoms with E-state index < -0.39 is 11.6 Å². The molecule has 2 N–H and O–H groups in total. The van der Waals surface area contributed by atoms with E-state index in [0.29, 0.717) is 13.2 Å². The van der Waals surface area contributed by atoms with Crippen molar-refractivity contribution in [3.63, 3.8) is 0 Å². The van der Waals surface area contributed by atoms with Gasteiger partial charge in [0.1, 0.15) is 6.10 Å². The van der Waals surface area contributed by atoms with E-state index in [1.165, 1.54) is 0 Å². The highest BCUT2D eigenvalue weighted by Gasteiger charge is 2.53. The van der Waals surface area contributed by atoms with Crippen molar-refractivity contribution in [2.24, 2.45) is 5.41 Å². The lowest BCUT2D eigenvalue weighted by Crippen LogP contribution is -2.54. The van der Waals surface area contributed by atoms with Gasteiger partial charge in [-0.1, -0.05) is 44.2 Å². The number of hydrogen-bond acceptors (Lipinski definition) is 3. The van der Waals surface area contributed by atoms with E-state index in [-0.39, 0.29) is 23.6 Å². The van der Waals surface area contributed by atoms with Crippen LogP contribution in [0.25, 0.3) is 0 Å². The largest absolute Gasteiger partial charge is 0.390 e. The number of ether oxygens (including phenoxy) is 1. The van der Waals surface area contributed by atoms with Crippen molar-refractivity contribution in [1.82, 2.24) is 10.2 Å². The first-order chi connectivity index (χ1) is 11.2. The molecule has 0 aliphatic carbocycles. The fourth-order valence-electron chi connectivity index (χ4n) is 4.08. The lowest BCUT2D eigenvalue weighted by molar-refractivity contribution is 0.0269. The number of amides is 2. The van der Waals surface area contributed by atoms with Crippen LogP contribution in [0, 0.1) is 5.41 Å². The maximum atomic E-state index is 12.9. The normalized spacial score (nSPS) is 31.2. The Bertz CT molecular complexity index is 600. The number of likely N-dealkylation sites (tertiary alicyclic amines) is 1. The van der Waals surface area contributed by atoms with Crippen LogP contribution in [0.4, 0.5) is 4.79 Å². The first kappa shape index (κ1) is 17.2. The third-order valence-corrected chi connectivity index (χ3v) is 5.44. The second kappa shape index (κ2) is 6.05. The molecule has 132 valence electrons. The summed E-state index contributed by atoms with van der Waals surface area (Å²) >= 11 is 0. The van der Waals surface area contributed by atoms with Crippen molar-refractivity contribution in [3.05, 3.63) is 35.9 Å². The van der Waals surface area contributed by atoms with E-state index in [1.54, 1.807) is 4.90 Å². The van der Waals surface area contributed by atoms with Gasteiger partial charge in [0.25, 0.3) is 0 Å². The van der Waals surface area contributed by atoms with Crippen molar-refractivity contribution in [3.8, 4) is 0 Å². The summed E-state index contributed by atoms with van der Waals surface area (Å²) < 4.78 is 5.85. The van der Waals surface area contributed by atoms with Gasteiger partial charge in [-0.2, -0.15) is 0 Å². The van der Waals surface area contributed by atoms with Gasteiger partial charge in [-0.05, 0) is 25.8 Å². The number of carbonyl (C=O) groups excluding carboxylic acids is 1. The van der Waals surface area contributed by atoms with Gasteiger partial charge in [0, 0.05) is 18.6 Å². The van der Waals surface area contributed by atoms with Crippen LogP contribution in [0.5, 0.6) is 0 Å². The molecule has 1 unspecified atom stereocenters. The number of carbonyl (C=O) groups is 1. The van der Waals surface area contributed by atoms with Gasteiger partial charge in [0.05, 0.1) is 17.7 Å². The zero-order valence-electron chi connectivity index (χ0n) is 15.0. The second-order valence-corrected chi connectivity index (χ2v) is 8.18. The van der Waals surface area contributed by atoms with Crippen LogP contribution in [-0.4, -0.2) is 46.9 Å². The summed E-state index contributed by atoms with van der Waals surface area (Å²) in [5.41, 5.74) is 0.183. The molecule has 0 saturated carbocycles. The third-order valence-electron chi connectivity index (χ3n) is 5.44. The molecular formula is C19H28N2O3. The molecule has 5 heteroatoms. The Morgan fingerprint density at radius 2 is 1.92 bits per heavy atom. The number of aliphatic hydroxyl groups is 1. The number of nitrogens with one attached hydrogen (secondary N) is 1. The molecule has 2 heterocycles. The smallest absolute Gasteiger partial charge is 0.318 e. The number of rotatable bonds is 2. The lowest BCUT2D eigenvalue weighted by Gasteiger charge is -2.35. The molecule has 2 fully saturated rings. The van der Waals surface area contributed by atoms with Gasteiger partial charge in [0.15, 0.2) is 0 Å². The quantitative estimate of drug-likeness (QED) is 0.875. The summed E-state index contributed by atoms with van der Waals surface area (Å²) in [7, 11) is 0. The fraction of sp³-hybridized carbons (Fsp3) is 0.632. The van der Waals surface area contributed by atoms with Crippen molar-refractivity contribution in [2.45, 2.75) is 57.9 Å². The molecule has 0 spiro atoms. The number of urea groups is 1.